The van der Waals surface area contributed by atoms with E-state index in [4.69, 9.17) is 4.74 Å². The van der Waals surface area contributed by atoms with Crippen molar-refractivity contribution in [2.75, 3.05) is 31.6 Å². The fourth-order valence-corrected chi connectivity index (χ4v) is 3.73. The summed E-state index contributed by atoms with van der Waals surface area (Å²) in [7, 11) is 1.99. The first-order valence-electron chi connectivity index (χ1n) is 11.0. The minimum atomic E-state index is -0.459. The Morgan fingerprint density at radius 2 is 1.82 bits per heavy atom. The predicted molar refractivity (Wildman–Crippen MR) is 130 cm³/mol. The molecule has 34 heavy (non-hydrogen) atoms. The minimum absolute atomic E-state index is 0.0275. The van der Waals surface area contributed by atoms with Crippen molar-refractivity contribution in [1.82, 2.24) is 10.2 Å². The molecule has 2 amide bonds. The fourth-order valence-electron chi connectivity index (χ4n) is 3.73. The molecule has 0 saturated carbocycles. The van der Waals surface area contributed by atoms with E-state index < -0.39 is 11.7 Å². The number of amides is 2. The third-order valence-corrected chi connectivity index (χ3v) is 5.39. The highest BCUT2D eigenvalue weighted by Crippen LogP contribution is 2.35. The lowest BCUT2D eigenvalue weighted by molar-refractivity contribution is -0.123. The van der Waals surface area contributed by atoms with Crippen LogP contribution in [0.15, 0.2) is 84.6 Å². The van der Waals surface area contributed by atoms with Crippen molar-refractivity contribution in [1.29, 1.82) is 0 Å². The molecule has 174 valence electrons. The highest BCUT2D eigenvalue weighted by Gasteiger charge is 2.31. The molecule has 0 unspecified atom stereocenters. The number of anilines is 1. The molecule has 1 heterocycles. The van der Waals surface area contributed by atoms with Crippen molar-refractivity contribution in [3.8, 4) is 5.75 Å². The number of carbonyl (C=O) groups excluding carboxylic acids is 2. The Kier molecular flexibility index (Phi) is 7.34. The lowest BCUT2D eigenvalue weighted by atomic mass is 10.1. The molecule has 0 atom stereocenters. The quantitative estimate of drug-likeness (QED) is 0.520. The minimum Gasteiger partial charge on any atom is -0.449 e. The van der Waals surface area contributed by atoms with E-state index >= 15 is 0 Å². The zero-order chi connectivity index (χ0) is 23.9. The lowest BCUT2D eigenvalue weighted by Gasteiger charge is -2.30. The second kappa shape index (κ2) is 10.8. The van der Waals surface area contributed by atoms with Crippen LogP contribution in [0.3, 0.4) is 0 Å². The molecule has 0 spiro atoms. The van der Waals surface area contributed by atoms with Gasteiger partial charge in [0.15, 0.2) is 11.5 Å². The van der Waals surface area contributed by atoms with Gasteiger partial charge in [-0.1, -0.05) is 54.6 Å². The summed E-state index contributed by atoms with van der Waals surface area (Å²) < 4.78 is 19.4. The molecule has 0 saturated heterocycles. The molecule has 4 rings (SSSR count). The van der Waals surface area contributed by atoms with E-state index in [1.165, 1.54) is 28.7 Å². The van der Waals surface area contributed by atoms with Crippen LogP contribution < -0.4 is 15.0 Å². The molecular formula is C27H26FN3O3. The van der Waals surface area contributed by atoms with Gasteiger partial charge in [-0.3, -0.25) is 14.5 Å². The van der Waals surface area contributed by atoms with E-state index in [-0.39, 0.29) is 18.2 Å². The van der Waals surface area contributed by atoms with Gasteiger partial charge in [0.1, 0.15) is 12.4 Å². The van der Waals surface area contributed by atoms with Gasteiger partial charge in [0.2, 0.25) is 5.91 Å². The molecule has 3 aromatic rings. The molecular weight excluding hydrogens is 433 g/mol. The monoisotopic (exact) mass is 459 g/mol. The summed E-state index contributed by atoms with van der Waals surface area (Å²) in [5.74, 6) is -0.658. The van der Waals surface area contributed by atoms with E-state index in [1.54, 1.807) is 36.4 Å². The number of halogens is 1. The van der Waals surface area contributed by atoms with Crippen molar-refractivity contribution < 1.29 is 18.7 Å². The number of ether oxygens (including phenoxy) is 1. The molecule has 0 fully saturated rings. The number of rotatable bonds is 8. The van der Waals surface area contributed by atoms with Crippen LogP contribution in [-0.4, -0.2) is 43.4 Å². The summed E-state index contributed by atoms with van der Waals surface area (Å²) in [5.41, 5.74) is 2.21. The summed E-state index contributed by atoms with van der Waals surface area (Å²) >= 11 is 0. The van der Waals surface area contributed by atoms with Crippen LogP contribution >= 0.6 is 0 Å². The number of nitrogens with one attached hydrogen (secondary N) is 1. The predicted octanol–water partition coefficient (Wildman–Crippen LogP) is 3.84. The number of para-hydroxylation sites is 2. The summed E-state index contributed by atoms with van der Waals surface area (Å²) in [6.07, 6.45) is 1.48. The Labute approximate surface area is 198 Å². The van der Waals surface area contributed by atoms with Gasteiger partial charge in [0, 0.05) is 19.6 Å². The van der Waals surface area contributed by atoms with Gasteiger partial charge in [-0.25, -0.2) is 4.39 Å². The number of likely N-dealkylation sites (N-methyl/N-ethyl adjacent to an activating group) is 1. The SMILES string of the molecule is CN(CCNC(=O)CN1C(=O)/C(=C\c2cccc(F)c2)Oc2ccccc21)Cc1ccccc1. The van der Waals surface area contributed by atoms with Crippen molar-refractivity contribution in [3.63, 3.8) is 0 Å². The number of hydrogen-bond donors (Lipinski definition) is 1. The van der Waals surface area contributed by atoms with Crippen molar-refractivity contribution in [3.05, 3.63) is 102 Å². The van der Waals surface area contributed by atoms with Gasteiger partial charge < -0.3 is 15.0 Å². The van der Waals surface area contributed by atoms with Crippen molar-refractivity contribution in [2.45, 2.75) is 6.54 Å². The maximum absolute atomic E-state index is 13.6. The van der Waals surface area contributed by atoms with Crippen LogP contribution in [0.5, 0.6) is 5.75 Å². The second-order valence-electron chi connectivity index (χ2n) is 8.10. The summed E-state index contributed by atoms with van der Waals surface area (Å²) in [6.45, 7) is 1.75. The Morgan fingerprint density at radius 1 is 1.06 bits per heavy atom. The highest BCUT2D eigenvalue weighted by molar-refractivity contribution is 6.12. The zero-order valence-electron chi connectivity index (χ0n) is 18.9. The summed E-state index contributed by atoms with van der Waals surface area (Å²) in [4.78, 5) is 29.3. The van der Waals surface area contributed by atoms with Gasteiger partial charge in [-0.05, 0) is 48.5 Å². The Balaban J connectivity index is 1.40. The molecule has 0 radical (unpaired) electrons. The normalized spacial score (nSPS) is 14.1. The van der Waals surface area contributed by atoms with Crippen LogP contribution in [0.1, 0.15) is 11.1 Å². The summed E-state index contributed by atoms with van der Waals surface area (Å²) in [6, 6.07) is 23.0. The highest BCUT2D eigenvalue weighted by atomic mass is 19.1. The smallest absolute Gasteiger partial charge is 0.294 e. The summed E-state index contributed by atoms with van der Waals surface area (Å²) in [5, 5.41) is 2.89. The number of benzene rings is 3. The average molecular weight is 460 g/mol. The van der Waals surface area contributed by atoms with E-state index in [9.17, 15) is 14.0 Å². The maximum atomic E-state index is 13.6. The van der Waals surface area contributed by atoms with E-state index in [0.717, 1.165) is 6.54 Å². The van der Waals surface area contributed by atoms with Crippen molar-refractivity contribution >= 4 is 23.6 Å². The molecule has 6 nitrogen and oxygen atoms in total. The second-order valence-corrected chi connectivity index (χ2v) is 8.10. The standard InChI is InChI=1S/C27H26FN3O3/c1-30(18-20-8-3-2-4-9-20)15-14-29-26(32)19-31-23-12-5-6-13-24(23)34-25(27(31)33)17-21-10-7-11-22(28)16-21/h2-13,16-17H,14-15,18-19H2,1H3,(H,29,32)/b25-17+. The number of fused-ring (bicyclic) bond motifs is 1. The van der Waals surface area contributed by atoms with Gasteiger partial charge in [0.25, 0.3) is 5.91 Å². The topological polar surface area (TPSA) is 61.9 Å². The largest absolute Gasteiger partial charge is 0.449 e. The van der Waals surface area contributed by atoms with Crippen LogP contribution in [0.2, 0.25) is 0 Å². The van der Waals surface area contributed by atoms with Gasteiger partial charge in [0.05, 0.1) is 5.69 Å². The van der Waals surface area contributed by atoms with Crippen LogP contribution in [-0.2, 0) is 16.1 Å². The number of nitrogens with zero attached hydrogens (tertiary/aromatic N) is 2. The third kappa shape index (κ3) is 5.88. The molecule has 0 aromatic heterocycles. The van der Waals surface area contributed by atoms with E-state index in [1.807, 2.05) is 25.2 Å². The number of hydrogen-bond acceptors (Lipinski definition) is 4. The molecule has 7 heteroatoms. The average Bonchev–Trinajstić information content (AvgIpc) is 2.82. The fraction of sp³-hybridized carbons (Fsp3) is 0.185. The van der Waals surface area contributed by atoms with Crippen LogP contribution in [0, 0.1) is 5.82 Å². The molecule has 0 aliphatic carbocycles. The van der Waals surface area contributed by atoms with Crippen LogP contribution in [0.4, 0.5) is 10.1 Å². The van der Waals surface area contributed by atoms with Gasteiger partial charge in [-0.2, -0.15) is 0 Å². The first-order valence-corrected chi connectivity index (χ1v) is 11.0. The molecule has 3 aromatic carbocycles. The lowest BCUT2D eigenvalue weighted by Crippen LogP contribution is -2.45. The van der Waals surface area contributed by atoms with E-state index in [0.29, 0.717) is 30.1 Å². The zero-order valence-corrected chi connectivity index (χ0v) is 18.9. The third-order valence-electron chi connectivity index (χ3n) is 5.39. The van der Waals surface area contributed by atoms with Gasteiger partial charge in [-0.15, -0.1) is 0 Å². The van der Waals surface area contributed by atoms with Crippen molar-refractivity contribution in [2.24, 2.45) is 0 Å². The number of carbonyl (C=O) groups is 2. The Hall–Kier alpha value is -3.97. The molecule has 1 aliphatic rings. The Bertz CT molecular complexity index is 1200. The van der Waals surface area contributed by atoms with Crippen LogP contribution in [0.25, 0.3) is 6.08 Å². The van der Waals surface area contributed by atoms with Gasteiger partial charge >= 0.3 is 0 Å². The molecule has 1 N–H and O–H groups in total. The first kappa shape index (κ1) is 23.2. The maximum Gasteiger partial charge on any atom is 0.294 e. The molecule has 0 bridgehead atoms. The Morgan fingerprint density at radius 3 is 2.62 bits per heavy atom. The molecule has 1 aliphatic heterocycles. The first-order chi connectivity index (χ1) is 16.5. The van der Waals surface area contributed by atoms with E-state index in [2.05, 4.69) is 22.3 Å².